The molecule has 0 saturated carbocycles. The number of hydrogen-bond acceptors (Lipinski definition) is 5. The van der Waals surface area contributed by atoms with Crippen LogP contribution in [-0.4, -0.2) is 37.3 Å². The van der Waals surface area contributed by atoms with Gasteiger partial charge in [-0.25, -0.2) is 0 Å². The summed E-state index contributed by atoms with van der Waals surface area (Å²) < 4.78 is 7.42. The number of aryl methyl sites for hydroxylation is 3. The van der Waals surface area contributed by atoms with Gasteiger partial charge in [-0.2, -0.15) is 10.1 Å². The van der Waals surface area contributed by atoms with E-state index in [9.17, 15) is 4.79 Å². The van der Waals surface area contributed by atoms with Crippen molar-refractivity contribution in [3.8, 4) is 23.0 Å². The van der Waals surface area contributed by atoms with Crippen LogP contribution in [0.2, 0.25) is 0 Å². The quantitative estimate of drug-likeness (QED) is 0.508. The summed E-state index contributed by atoms with van der Waals surface area (Å²) in [6, 6.07) is 15.7. The molecule has 7 nitrogen and oxygen atoms in total. The molecular weight excluding hydrogens is 390 g/mol. The van der Waals surface area contributed by atoms with E-state index in [1.54, 1.807) is 0 Å². The summed E-state index contributed by atoms with van der Waals surface area (Å²) in [7, 11) is 1.92. The molecule has 1 aliphatic heterocycles. The van der Waals surface area contributed by atoms with Gasteiger partial charge in [0.2, 0.25) is 5.82 Å². The minimum absolute atomic E-state index is 0.0390. The summed E-state index contributed by atoms with van der Waals surface area (Å²) in [5, 5.41) is 8.78. The van der Waals surface area contributed by atoms with Gasteiger partial charge in [0, 0.05) is 42.4 Å². The smallest absolute Gasteiger partial charge is 0.279 e. The molecule has 3 heterocycles. The molecule has 0 aliphatic carbocycles. The monoisotopic (exact) mass is 413 g/mol. The molecule has 0 unspecified atom stereocenters. The minimum Gasteiger partial charge on any atom is -0.334 e. The van der Waals surface area contributed by atoms with Crippen molar-refractivity contribution < 1.29 is 9.32 Å². The van der Waals surface area contributed by atoms with E-state index in [0.717, 1.165) is 39.9 Å². The van der Waals surface area contributed by atoms with E-state index in [1.807, 2.05) is 79.0 Å². The SMILES string of the molecule is Cc1ccc(C)c(C(=O)N2CCc3c(c(-c4nc(-c5ccccc5)no4)nn3C)C2)c1. The maximum atomic E-state index is 13.3. The van der Waals surface area contributed by atoms with Gasteiger partial charge in [-0.05, 0) is 25.5 Å². The number of hydrogen-bond donors (Lipinski definition) is 0. The summed E-state index contributed by atoms with van der Waals surface area (Å²) >= 11 is 0. The maximum absolute atomic E-state index is 13.3. The zero-order valence-electron chi connectivity index (χ0n) is 17.8. The second kappa shape index (κ2) is 7.50. The summed E-state index contributed by atoms with van der Waals surface area (Å²) in [4.78, 5) is 19.7. The number of amides is 1. The van der Waals surface area contributed by atoms with Crippen molar-refractivity contribution in [3.63, 3.8) is 0 Å². The van der Waals surface area contributed by atoms with E-state index >= 15 is 0 Å². The molecule has 7 heteroatoms. The molecule has 0 radical (unpaired) electrons. The predicted octanol–water partition coefficient (Wildman–Crippen LogP) is 3.95. The summed E-state index contributed by atoms with van der Waals surface area (Å²) in [5.41, 5.74) is 6.40. The van der Waals surface area contributed by atoms with Crippen molar-refractivity contribution in [2.45, 2.75) is 26.8 Å². The van der Waals surface area contributed by atoms with E-state index in [-0.39, 0.29) is 5.91 Å². The first-order chi connectivity index (χ1) is 15.0. The summed E-state index contributed by atoms with van der Waals surface area (Å²) in [6.45, 7) is 5.09. The number of benzene rings is 2. The van der Waals surface area contributed by atoms with E-state index in [4.69, 9.17) is 4.52 Å². The fraction of sp³-hybridized carbons (Fsp3) is 0.250. The van der Waals surface area contributed by atoms with Gasteiger partial charge in [0.1, 0.15) is 0 Å². The molecule has 1 amide bonds. The Morgan fingerprint density at radius 1 is 1.10 bits per heavy atom. The Morgan fingerprint density at radius 3 is 2.71 bits per heavy atom. The van der Waals surface area contributed by atoms with E-state index in [1.165, 1.54) is 0 Å². The third kappa shape index (κ3) is 3.42. The van der Waals surface area contributed by atoms with Crippen LogP contribution in [-0.2, 0) is 20.0 Å². The van der Waals surface area contributed by atoms with Crippen molar-refractivity contribution in [3.05, 3.63) is 76.5 Å². The van der Waals surface area contributed by atoms with E-state index in [0.29, 0.717) is 30.5 Å². The molecule has 2 aromatic heterocycles. The normalized spacial score (nSPS) is 13.3. The molecule has 0 saturated heterocycles. The molecule has 0 N–H and O–H groups in total. The van der Waals surface area contributed by atoms with Crippen molar-refractivity contribution in [1.29, 1.82) is 0 Å². The van der Waals surface area contributed by atoms with Gasteiger partial charge in [0.05, 0.1) is 6.54 Å². The molecule has 31 heavy (non-hydrogen) atoms. The maximum Gasteiger partial charge on any atom is 0.279 e. The van der Waals surface area contributed by atoms with Crippen LogP contribution in [0.1, 0.15) is 32.7 Å². The molecule has 0 spiro atoms. The van der Waals surface area contributed by atoms with Gasteiger partial charge in [0.15, 0.2) is 5.69 Å². The van der Waals surface area contributed by atoms with Crippen LogP contribution in [0.4, 0.5) is 0 Å². The fourth-order valence-corrected chi connectivity index (χ4v) is 4.10. The number of carbonyl (C=O) groups excluding carboxylic acids is 1. The van der Waals surface area contributed by atoms with Crippen LogP contribution >= 0.6 is 0 Å². The molecular formula is C24H23N5O2. The Bertz CT molecular complexity index is 1270. The number of fused-ring (bicyclic) bond motifs is 1. The predicted molar refractivity (Wildman–Crippen MR) is 116 cm³/mol. The average Bonchev–Trinajstić information content (AvgIpc) is 3.40. The van der Waals surface area contributed by atoms with Crippen LogP contribution in [0.15, 0.2) is 53.1 Å². The Hall–Kier alpha value is -3.74. The van der Waals surface area contributed by atoms with Crippen LogP contribution in [0.25, 0.3) is 23.0 Å². The highest BCUT2D eigenvalue weighted by Gasteiger charge is 2.30. The third-order valence-corrected chi connectivity index (χ3v) is 5.81. The van der Waals surface area contributed by atoms with Crippen LogP contribution in [0.3, 0.4) is 0 Å². The third-order valence-electron chi connectivity index (χ3n) is 5.81. The molecule has 2 aromatic carbocycles. The topological polar surface area (TPSA) is 77.1 Å². The van der Waals surface area contributed by atoms with Crippen LogP contribution in [0, 0.1) is 13.8 Å². The van der Waals surface area contributed by atoms with Gasteiger partial charge in [-0.1, -0.05) is 53.2 Å². The van der Waals surface area contributed by atoms with Gasteiger partial charge < -0.3 is 9.42 Å². The van der Waals surface area contributed by atoms with Crippen molar-refractivity contribution in [2.24, 2.45) is 7.05 Å². The number of nitrogens with zero attached hydrogens (tertiary/aromatic N) is 5. The summed E-state index contributed by atoms with van der Waals surface area (Å²) in [5.74, 6) is 0.933. The number of rotatable bonds is 3. The van der Waals surface area contributed by atoms with Gasteiger partial charge in [-0.3, -0.25) is 9.48 Å². The first-order valence-electron chi connectivity index (χ1n) is 10.3. The lowest BCUT2D eigenvalue weighted by molar-refractivity contribution is 0.0732. The Balaban J connectivity index is 1.48. The lowest BCUT2D eigenvalue weighted by Gasteiger charge is -2.28. The molecule has 0 fully saturated rings. The Morgan fingerprint density at radius 2 is 1.90 bits per heavy atom. The minimum atomic E-state index is 0.0390. The van der Waals surface area contributed by atoms with E-state index in [2.05, 4.69) is 15.2 Å². The largest absolute Gasteiger partial charge is 0.334 e. The molecule has 1 aliphatic rings. The highest BCUT2D eigenvalue weighted by atomic mass is 16.5. The molecule has 0 atom stereocenters. The van der Waals surface area contributed by atoms with Gasteiger partial charge in [0.25, 0.3) is 11.8 Å². The van der Waals surface area contributed by atoms with Gasteiger partial charge >= 0.3 is 0 Å². The number of carbonyl (C=O) groups is 1. The summed E-state index contributed by atoms with van der Waals surface area (Å²) in [6.07, 6.45) is 0.731. The standard InChI is InChI=1S/C24H23N5O2/c1-15-9-10-16(2)18(13-15)24(30)29-12-11-20-19(14-29)21(26-28(20)3)23-25-22(27-31-23)17-7-5-4-6-8-17/h4-10,13H,11-12,14H2,1-3H3. The average molecular weight is 413 g/mol. The highest BCUT2D eigenvalue weighted by molar-refractivity contribution is 5.96. The molecule has 5 rings (SSSR count). The molecule has 4 aromatic rings. The lowest BCUT2D eigenvalue weighted by atomic mass is 10.0. The first-order valence-corrected chi connectivity index (χ1v) is 10.3. The van der Waals surface area contributed by atoms with Crippen molar-refractivity contribution in [2.75, 3.05) is 6.54 Å². The fourth-order valence-electron chi connectivity index (χ4n) is 4.10. The molecule has 156 valence electrons. The van der Waals surface area contributed by atoms with Gasteiger partial charge in [-0.15, -0.1) is 0 Å². The second-order valence-corrected chi connectivity index (χ2v) is 7.98. The number of aromatic nitrogens is 4. The molecule has 0 bridgehead atoms. The Labute approximate surface area is 180 Å². The second-order valence-electron chi connectivity index (χ2n) is 7.98. The van der Waals surface area contributed by atoms with Crippen LogP contribution in [0.5, 0.6) is 0 Å². The van der Waals surface area contributed by atoms with Crippen molar-refractivity contribution in [1.82, 2.24) is 24.8 Å². The van der Waals surface area contributed by atoms with Crippen molar-refractivity contribution >= 4 is 5.91 Å². The zero-order chi connectivity index (χ0) is 21.5. The zero-order valence-corrected chi connectivity index (χ0v) is 17.8. The lowest BCUT2D eigenvalue weighted by Crippen LogP contribution is -2.36. The Kier molecular flexibility index (Phi) is 4.66. The first kappa shape index (κ1) is 19.2. The van der Waals surface area contributed by atoms with Crippen LogP contribution < -0.4 is 0 Å². The highest BCUT2D eigenvalue weighted by Crippen LogP contribution is 2.31. The van der Waals surface area contributed by atoms with E-state index < -0.39 is 0 Å².